The zero-order chi connectivity index (χ0) is 31.1. The number of phenolic OH excluding ortho intramolecular Hbond substituents is 1. The van der Waals surface area contributed by atoms with Crippen molar-refractivity contribution < 1.29 is 38.9 Å². The van der Waals surface area contributed by atoms with E-state index in [-0.39, 0.29) is 41.9 Å². The Balaban J connectivity index is 1.48. The Bertz CT molecular complexity index is 1220. The maximum Gasteiger partial charge on any atom is 0.243 e. The van der Waals surface area contributed by atoms with Crippen LogP contribution in [-0.4, -0.2) is 77.3 Å². The van der Waals surface area contributed by atoms with Crippen LogP contribution in [0.3, 0.4) is 0 Å². The highest BCUT2D eigenvalue weighted by molar-refractivity contribution is 5.95. The van der Waals surface area contributed by atoms with Gasteiger partial charge >= 0.3 is 0 Å². The number of epoxide rings is 1. The number of aromatic hydroxyl groups is 1. The van der Waals surface area contributed by atoms with Gasteiger partial charge in [-0.3, -0.25) is 19.2 Å². The summed E-state index contributed by atoms with van der Waals surface area (Å²) in [4.78, 5) is 53.1. The first-order valence-electron chi connectivity index (χ1n) is 15.3. The second-order valence-electron chi connectivity index (χ2n) is 12.4. The van der Waals surface area contributed by atoms with Gasteiger partial charge in [-0.15, -0.1) is 0 Å². The van der Waals surface area contributed by atoms with Gasteiger partial charge in [0.25, 0.3) is 0 Å². The predicted octanol–water partition coefficient (Wildman–Crippen LogP) is 2.22. The molecule has 11 nitrogen and oxygen atoms in total. The fraction of sp³-hybridized carbons (Fsp3) is 0.625. The van der Waals surface area contributed by atoms with E-state index < -0.39 is 41.6 Å². The zero-order valence-electron chi connectivity index (χ0n) is 25.3. The molecule has 0 spiro atoms. The van der Waals surface area contributed by atoms with Crippen LogP contribution in [0.2, 0.25) is 0 Å². The minimum absolute atomic E-state index is 0.0285. The number of aliphatic hydroxyl groups is 1. The summed E-state index contributed by atoms with van der Waals surface area (Å²) in [6.45, 7) is 3.91. The summed E-state index contributed by atoms with van der Waals surface area (Å²) in [5.41, 5.74) is 1.17. The lowest BCUT2D eigenvalue weighted by Gasteiger charge is -2.27. The molecule has 4 rings (SSSR count). The zero-order valence-corrected chi connectivity index (χ0v) is 25.3. The van der Waals surface area contributed by atoms with Crippen LogP contribution in [0.25, 0.3) is 0 Å². The summed E-state index contributed by atoms with van der Waals surface area (Å²) < 4.78 is 10.5. The maximum absolute atomic E-state index is 13.8. The molecular formula is C32H45N3O8. The number of ether oxygens (including phenoxy) is 2. The van der Waals surface area contributed by atoms with Gasteiger partial charge in [0, 0.05) is 18.8 Å². The maximum atomic E-state index is 13.8. The Labute approximate surface area is 252 Å². The van der Waals surface area contributed by atoms with E-state index in [0.29, 0.717) is 44.3 Å². The highest BCUT2D eigenvalue weighted by atomic mass is 16.6. The summed E-state index contributed by atoms with van der Waals surface area (Å²) in [5.74, 6) is -1.61. The average molecular weight is 600 g/mol. The second-order valence-corrected chi connectivity index (χ2v) is 12.4. The third-order valence-electron chi connectivity index (χ3n) is 8.63. The van der Waals surface area contributed by atoms with Crippen molar-refractivity contribution in [2.75, 3.05) is 13.7 Å². The number of methoxy groups -OCH3 is 1. The highest BCUT2D eigenvalue weighted by Crippen LogP contribution is 2.32. The molecule has 4 atom stereocenters. The molecular weight excluding hydrogens is 554 g/mol. The van der Waals surface area contributed by atoms with Gasteiger partial charge in [-0.05, 0) is 82.9 Å². The lowest BCUT2D eigenvalue weighted by atomic mass is 9.87. The van der Waals surface area contributed by atoms with Crippen LogP contribution in [0.15, 0.2) is 29.8 Å². The lowest BCUT2D eigenvalue weighted by Crippen LogP contribution is -2.56. The number of rotatable bonds is 14. The normalized spacial score (nSPS) is 25.1. The van der Waals surface area contributed by atoms with E-state index in [2.05, 4.69) is 22.0 Å². The summed E-state index contributed by atoms with van der Waals surface area (Å²) in [5, 5.41) is 28.4. The third-order valence-corrected chi connectivity index (χ3v) is 8.63. The molecule has 2 aliphatic carbocycles. The van der Waals surface area contributed by atoms with Crippen molar-refractivity contribution in [1.82, 2.24) is 16.0 Å². The van der Waals surface area contributed by atoms with Gasteiger partial charge in [-0.2, -0.15) is 0 Å². The summed E-state index contributed by atoms with van der Waals surface area (Å²) >= 11 is 0. The van der Waals surface area contributed by atoms with E-state index >= 15 is 0 Å². The van der Waals surface area contributed by atoms with Gasteiger partial charge in [0.05, 0.1) is 31.5 Å². The number of carbonyl (C=O) groups excluding carboxylic acids is 4. The number of carbonyl (C=O) groups is 4. The van der Waals surface area contributed by atoms with Crippen molar-refractivity contribution in [3.63, 3.8) is 0 Å². The number of amides is 3. The SMILES string of the molecule is COc1ccc(CC(NC(=O)C(C)NC(=O)C2CCC(O)CC2)C(=O)NC(CC2=CCCC2)C(=O)CC2(C)CO2)cc1O. The van der Waals surface area contributed by atoms with Crippen LogP contribution in [0.4, 0.5) is 0 Å². The van der Waals surface area contributed by atoms with Crippen LogP contribution in [0, 0.1) is 5.92 Å². The molecule has 1 saturated heterocycles. The van der Waals surface area contributed by atoms with Gasteiger partial charge in [0.15, 0.2) is 17.3 Å². The monoisotopic (exact) mass is 599 g/mol. The number of nitrogens with one attached hydrogen (secondary N) is 3. The number of allylic oxidation sites excluding steroid dienone is 1. The summed E-state index contributed by atoms with van der Waals surface area (Å²) in [6.07, 6.45) is 7.30. The van der Waals surface area contributed by atoms with Gasteiger partial charge in [-0.25, -0.2) is 0 Å². The predicted molar refractivity (Wildman–Crippen MR) is 158 cm³/mol. The largest absolute Gasteiger partial charge is 0.504 e. The quantitative estimate of drug-likeness (QED) is 0.160. The van der Waals surface area contributed by atoms with Crippen molar-refractivity contribution in [3.05, 3.63) is 35.4 Å². The van der Waals surface area contributed by atoms with Crippen molar-refractivity contribution in [2.45, 2.75) is 108 Å². The molecule has 0 aromatic heterocycles. The van der Waals surface area contributed by atoms with Gasteiger partial charge < -0.3 is 35.6 Å². The van der Waals surface area contributed by atoms with E-state index in [4.69, 9.17) is 9.47 Å². The highest BCUT2D eigenvalue weighted by Gasteiger charge is 2.43. The van der Waals surface area contributed by atoms with Crippen molar-refractivity contribution in [2.24, 2.45) is 5.92 Å². The molecule has 11 heteroatoms. The van der Waals surface area contributed by atoms with Crippen molar-refractivity contribution >= 4 is 23.5 Å². The van der Waals surface area contributed by atoms with Crippen molar-refractivity contribution in [3.8, 4) is 11.5 Å². The molecule has 1 heterocycles. The Morgan fingerprint density at radius 2 is 1.74 bits per heavy atom. The number of hydrogen-bond acceptors (Lipinski definition) is 8. The smallest absolute Gasteiger partial charge is 0.243 e. The van der Waals surface area contributed by atoms with Crippen LogP contribution in [0.1, 0.15) is 77.2 Å². The van der Waals surface area contributed by atoms with Crippen LogP contribution < -0.4 is 20.7 Å². The first-order valence-corrected chi connectivity index (χ1v) is 15.3. The molecule has 2 fully saturated rings. The lowest BCUT2D eigenvalue weighted by molar-refractivity contribution is -0.134. The van der Waals surface area contributed by atoms with Gasteiger partial charge in [0.1, 0.15) is 12.1 Å². The molecule has 3 aliphatic rings. The molecule has 4 unspecified atom stereocenters. The average Bonchev–Trinajstić information content (AvgIpc) is 3.46. The minimum Gasteiger partial charge on any atom is -0.504 e. The van der Waals surface area contributed by atoms with E-state index in [1.54, 1.807) is 19.1 Å². The summed E-state index contributed by atoms with van der Waals surface area (Å²) in [7, 11) is 1.43. The van der Waals surface area contributed by atoms with Crippen molar-refractivity contribution in [1.29, 1.82) is 0 Å². The fourth-order valence-electron chi connectivity index (χ4n) is 5.76. The molecule has 1 saturated carbocycles. The number of benzene rings is 1. The second kappa shape index (κ2) is 14.4. The fourth-order valence-corrected chi connectivity index (χ4v) is 5.76. The van der Waals surface area contributed by atoms with Crippen LogP contribution in [-0.2, 0) is 30.3 Å². The van der Waals surface area contributed by atoms with E-state index in [9.17, 15) is 29.4 Å². The standard InChI is InChI=1S/C32H45N3O8/c1-19(33-30(40)22-9-11-23(36)12-10-22)29(39)35-25(15-21-8-13-28(42-3)26(37)16-21)31(41)34-24(14-20-6-4-5-7-20)27(38)17-32(2)18-43-32/h6,8,13,16,19,22-25,36-37H,4-5,7,9-12,14-15,17-18H2,1-3H3,(H,33,40)(H,34,41)(H,35,39). The van der Waals surface area contributed by atoms with Gasteiger partial charge in [0.2, 0.25) is 17.7 Å². The molecule has 1 aromatic carbocycles. The van der Waals surface area contributed by atoms with Crippen LogP contribution >= 0.6 is 0 Å². The topological polar surface area (TPSA) is 167 Å². The molecule has 43 heavy (non-hydrogen) atoms. The van der Waals surface area contributed by atoms with E-state index in [1.165, 1.54) is 13.2 Å². The number of ketones is 1. The van der Waals surface area contributed by atoms with Gasteiger partial charge in [-0.1, -0.05) is 17.7 Å². The summed E-state index contributed by atoms with van der Waals surface area (Å²) in [6, 6.07) is 1.92. The molecule has 3 amide bonds. The molecule has 0 radical (unpaired) electrons. The first-order chi connectivity index (χ1) is 20.5. The minimum atomic E-state index is -1.09. The molecule has 236 valence electrons. The van der Waals surface area contributed by atoms with E-state index in [0.717, 1.165) is 24.8 Å². The number of aliphatic hydroxyl groups excluding tert-OH is 1. The molecule has 1 aliphatic heterocycles. The first kappa shape index (κ1) is 32.5. The Morgan fingerprint density at radius 1 is 1.05 bits per heavy atom. The molecule has 0 bridgehead atoms. The third kappa shape index (κ3) is 9.27. The number of phenols is 1. The number of Topliss-reactive ketones (excluding diaryl/α,β-unsaturated/α-hetero) is 1. The molecule has 5 N–H and O–H groups in total. The van der Waals surface area contributed by atoms with E-state index in [1.807, 2.05) is 6.92 Å². The Kier molecular flexibility index (Phi) is 10.8. The molecule has 1 aromatic rings. The van der Waals surface area contributed by atoms with Crippen LogP contribution in [0.5, 0.6) is 11.5 Å². The Morgan fingerprint density at radius 3 is 2.35 bits per heavy atom. The Hall–Kier alpha value is -3.44. The number of hydrogen-bond donors (Lipinski definition) is 5.